The monoisotopic (exact) mass is 299 g/mol. The third-order valence-electron chi connectivity index (χ3n) is 4.55. The Morgan fingerprint density at radius 3 is 2.86 bits per heavy atom. The van der Waals surface area contributed by atoms with Crippen LogP contribution in [0.2, 0.25) is 0 Å². The van der Waals surface area contributed by atoms with Gasteiger partial charge in [-0.05, 0) is 42.9 Å². The summed E-state index contributed by atoms with van der Waals surface area (Å²) >= 11 is 0. The predicted molar refractivity (Wildman–Crippen MR) is 88.3 cm³/mol. The lowest BCUT2D eigenvalue weighted by Crippen LogP contribution is -2.35. The lowest BCUT2D eigenvalue weighted by Gasteiger charge is -2.33. The van der Waals surface area contributed by atoms with Crippen molar-refractivity contribution in [3.05, 3.63) is 35.3 Å². The molecular weight excluding hydrogens is 274 g/mol. The summed E-state index contributed by atoms with van der Waals surface area (Å²) in [5, 5.41) is 16.2. The van der Waals surface area contributed by atoms with Crippen LogP contribution in [0.1, 0.15) is 62.4 Å². The molecule has 118 valence electrons. The second kappa shape index (κ2) is 6.46. The molecular formula is C17H25N5. The summed E-state index contributed by atoms with van der Waals surface area (Å²) in [6.45, 7) is 8.52. The van der Waals surface area contributed by atoms with Gasteiger partial charge >= 0.3 is 0 Å². The summed E-state index contributed by atoms with van der Waals surface area (Å²) in [6, 6.07) is 4.21. The zero-order valence-corrected chi connectivity index (χ0v) is 13.7. The van der Waals surface area contributed by atoms with E-state index < -0.39 is 0 Å². The highest BCUT2D eigenvalue weighted by molar-refractivity contribution is 5.39. The maximum absolute atomic E-state index is 4.43. The fourth-order valence-corrected chi connectivity index (χ4v) is 3.19. The topological polar surface area (TPSA) is 57.7 Å². The number of rotatable bonds is 4. The Labute approximate surface area is 132 Å². The second-order valence-electron chi connectivity index (χ2n) is 6.42. The molecule has 0 amide bonds. The molecule has 0 aliphatic carbocycles. The van der Waals surface area contributed by atoms with Crippen LogP contribution in [0.15, 0.2) is 18.3 Å². The van der Waals surface area contributed by atoms with E-state index in [0.29, 0.717) is 11.8 Å². The van der Waals surface area contributed by atoms with E-state index in [1.165, 1.54) is 24.1 Å². The van der Waals surface area contributed by atoms with Gasteiger partial charge in [0.25, 0.3) is 0 Å². The molecule has 5 nitrogen and oxygen atoms in total. The number of anilines is 1. The zero-order valence-electron chi connectivity index (χ0n) is 13.7. The van der Waals surface area contributed by atoms with Crippen LogP contribution in [0.5, 0.6) is 0 Å². The van der Waals surface area contributed by atoms with E-state index >= 15 is 0 Å². The maximum atomic E-state index is 4.43. The Morgan fingerprint density at radius 1 is 1.32 bits per heavy atom. The lowest BCUT2D eigenvalue weighted by molar-refractivity contribution is 0.494. The molecule has 3 heterocycles. The number of piperidine rings is 1. The molecule has 0 aromatic carbocycles. The van der Waals surface area contributed by atoms with Crippen LogP contribution in [0.3, 0.4) is 0 Å². The highest BCUT2D eigenvalue weighted by atomic mass is 15.3. The van der Waals surface area contributed by atoms with Crippen molar-refractivity contribution in [3.8, 4) is 0 Å². The van der Waals surface area contributed by atoms with Gasteiger partial charge in [0.05, 0.1) is 11.9 Å². The van der Waals surface area contributed by atoms with Crippen molar-refractivity contribution in [2.45, 2.75) is 51.9 Å². The second-order valence-corrected chi connectivity index (χ2v) is 6.42. The number of hydrogen-bond donors (Lipinski definition) is 1. The number of nitrogens with zero attached hydrogens (tertiary/aromatic N) is 4. The Balaban J connectivity index is 1.75. The molecule has 0 saturated carbocycles. The molecule has 1 atom stereocenters. The fraction of sp³-hybridized carbons (Fsp3) is 0.588. The number of aryl methyl sites for hydroxylation is 1. The van der Waals surface area contributed by atoms with Crippen LogP contribution < -0.4 is 4.90 Å². The third kappa shape index (κ3) is 2.98. The largest absolute Gasteiger partial charge is 0.354 e. The summed E-state index contributed by atoms with van der Waals surface area (Å²) in [7, 11) is 0. The van der Waals surface area contributed by atoms with Gasteiger partial charge in [-0.1, -0.05) is 20.8 Å². The van der Waals surface area contributed by atoms with Crippen molar-refractivity contribution in [2.75, 3.05) is 18.0 Å². The molecule has 5 heteroatoms. The number of H-pyrrole nitrogens is 1. The summed E-state index contributed by atoms with van der Waals surface area (Å²) in [4.78, 5) is 2.35. The minimum atomic E-state index is 0.424. The molecule has 0 unspecified atom stereocenters. The molecule has 1 aliphatic rings. The van der Waals surface area contributed by atoms with Crippen LogP contribution in [-0.4, -0.2) is 33.5 Å². The standard InChI is InChI=1S/C17H25N5/c1-4-13-10-18-21-17(13)14-6-5-9-22(11-14)16-8-7-15(12(2)3)19-20-16/h7-8,10,12,14H,4-6,9,11H2,1-3H3,(H,18,21)/t14-/m1/s1. The van der Waals surface area contributed by atoms with Crippen molar-refractivity contribution in [2.24, 2.45) is 0 Å². The van der Waals surface area contributed by atoms with E-state index in [0.717, 1.165) is 31.0 Å². The van der Waals surface area contributed by atoms with E-state index in [-0.39, 0.29) is 0 Å². The van der Waals surface area contributed by atoms with Gasteiger partial charge in [-0.2, -0.15) is 10.2 Å². The van der Waals surface area contributed by atoms with Gasteiger partial charge in [-0.15, -0.1) is 5.10 Å². The molecule has 1 saturated heterocycles. The van der Waals surface area contributed by atoms with Gasteiger partial charge in [0, 0.05) is 24.7 Å². The molecule has 0 radical (unpaired) electrons. The highest BCUT2D eigenvalue weighted by Gasteiger charge is 2.25. The van der Waals surface area contributed by atoms with Crippen LogP contribution in [-0.2, 0) is 6.42 Å². The first kappa shape index (κ1) is 15.0. The smallest absolute Gasteiger partial charge is 0.151 e. The minimum absolute atomic E-state index is 0.424. The first-order valence-corrected chi connectivity index (χ1v) is 8.29. The first-order chi connectivity index (χ1) is 10.7. The van der Waals surface area contributed by atoms with Crippen molar-refractivity contribution in [3.63, 3.8) is 0 Å². The normalized spacial score (nSPS) is 18.9. The molecule has 3 rings (SSSR count). The Hall–Kier alpha value is -1.91. The molecule has 0 bridgehead atoms. The van der Waals surface area contributed by atoms with Gasteiger partial charge in [-0.3, -0.25) is 5.10 Å². The Kier molecular flexibility index (Phi) is 4.41. The van der Waals surface area contributed by atoms with Crippen LogP contribution in [0.4, 0.5) is 5.82 Å². The molecule has 2 aromatic heterocycles. The average Bonchev–Trinajstić information content (AvgIpc) is 3.04. The average molecular weight is 299 g/mol. The van der Waals surface area contributed by atoms with Gasteiger partial charge in [-0.25, -0.2) is 0 Å². The summed E-state index contributed by atoms with van der Waals surface area (Å²) in [5.41, 5.74) is 3.70. The quantitative estimate of drug-likeness (QED) is 0.941. The van der Waals surface area contributed by atoms with Crippen molar-refractivity contribution in [1.29, 1.82) is 0 Å². The van der Waals surface area contributed by atoms with E-state index in [4.69, 9.17) is 0 Å². The lowest BCUT2D eigenvalue weighted by atomic mass is 9.92. The van der Waals surface area contributed by atoms with Gasteiger partial charge in [0.2, 0.25) is 0 Å². The third-order valence-corrected chi connectivity index (χ3v) is 4.55. The van der Waals surface area contributed by atoms with Crippen LogP contribution >= 0.6 is 0 Å². The SMILES string of the molecule is CCc1cn[nH]c1[C@@H]1CCCN(c2ccc(C(C)C)nn2)C1. The maximum Gasteiger partial charge on any atom is 0.151 e. The van der Waals surface area contributed by atoms with Crippen molar-refractivity contribution >= 4 is 5.82 Å². The van der Waals surface area contributed by atoms with Crippen molar-refractivity contribution in [1.82, 2.24) is 20.4 Å². The van der Waals surface area contributed by atoms with E-state index in [1.807, 2.05) is 6.20 Å². The molecule has 22 heavy (non-hydrogen) atoms. The number of hydrogen-bond acceptors (Lipinski definition) is 4. The Morgan fingerprint density at radius 2 is 2.18 bits per heavy atom. The molecule has 1 N–H and O–H groups in total. The number of aromatic nitrogens is 4. The zero-order chi connectivity index (χ0) is 15.5. The van der Waals surface area contributed by atoms with Crippen molar-refractivity contribution < 1.29 is 0 Å². The highest BCUT2D eigenvalue weighted by Crippen LogP contribution is 2.30. The molecule has 0 spiro atoms. The van der Waals surface area contributed by atoms with Crippen LogP contribution in [0.25, 0.3) is 0 Å². The summed E-state index contributed by atoms with van der Waals surface area (Å²) in [6.07, 6.45) is 5.39. The number of nitrogens with one attached hydrogen (secondary N) is 1. The molecule has 1 aliphatic heterocycles. The van der Waals surface area contributed by atoms with Gasteiger partial charge in [0.1, 0.15) is 0 Å². The van der Waals surface area contributed by atoms with E-state index in [1.54, 1.807) is 0 Å². The van der Waals surface area contributed by atoms with Gasteiger partial charge < -0.3 is 4.90 Å². The molecule has 1 fully saturated rings. The van der Waals surface area contributed by atoms with E-state index in [9.17, 15) is 0 Å². The van der Waals surface area contributed by atoms with Crippen LogP contribution in [0, 0.1) is 0 Å². The minimum Gasteiger partial charge on any atom is -0.354 e. The Bertz CT molecular complexity index is 602. The number of aromatic amines is 1. The summed E-state index contributed by atoms with van der Waals surface area (Å²) in [5.74, 6) is 1.93. The van der Waals surface area contributed by atoms with Gasteiger partial charge in [0.15, 0.2) is 5.82 Å². The first-order valence-electron chi connectivity index (χ1n) is 8.29. The summed E-state index contributed by atoms with van der Waals surface area (Å²) < 4.78 is 0. The molecule has 2 aromatic rings. The van der Waals surface area contributed by atoms with E-state index in [2.05, 4.69) is 58.2 Å². The predicted octanol–water partition coefficient (Wildman–Crippen LogP) is 3.27. The fourth-order valence-electron chi connectivity index (χ4n) is 3.19.